The van der Waals surface area contributed by atoms with Gasteiger partial charge in [0.15, 0.2) is 5.15 Å². The second kappa shape index (κ2) is 4.23. The second-order valence-electron chi connectivity index (χ2n) is 4.34. The molecule has 0 aliphatic carbocycles. The van der Waals surface area contributed by atoms with Crippen molar-refractivity contribution in [2.24, 2.45) is 0 Å². The maximum atomic E-state index is 6.10. The fraction of sp³-hybridized carbons (Fsp3) is 0.455. The maximum Gasteiger partial charge on any atom is 0.155 e. The van der Waals surface area contributed by atoms with Gasteiger partial charge in [0.2, 0.25) is 0 Å². The molecule has 90 valence electrons. The third-order valence-electron chi connectivity index (χ3n) is 3.31. The van der Waals surface area contributed by atoms with Crippen molar-refractivity contribution < 1.29 is 0 Å². The van der Waals surface area contributed by atoms with E-state index in [1.165, 1.54) is 6.42 Å². The largest absolute Gasteiger partial charge is 0.297 e. The third-order valence-corrected chi connectivity index (χ3v) is 4.14. The molecule has 0 saturated carbocycles. The molecule has 1 aliphatic rings. The van der Waals surface area contributed by atoms with Gasteiger partial charge in [-0.05, 0) is 42.4 Å². The van der Waals surface area contributed by atoms with Gasteiger partial charge in [0.25, 0.3) is 0 Å². The first-order valence-corrected chi connectivity index (χ1v) is 6.74. The molecule has 1 saturated heterocycles. The topological polar surface area (TPSA) is 33.4 Å². The molecule has 17 heavy (non-hydrogen) atoms. The van der Waals surface area contributed by atoms with Crippen LogP contribution < -0.4 is 0 Å². The summed E-state index contributed by atoms with van der Waals surface area (Å²) < 4.78 is 2.80. The number of nitrogens with zero attached hydrogens (tertiary/aromatic N) is 4. The Kier molecular flexibility index (Phi) is 2.84. The Morgan fingerprint density at radius 1 is 1.53 bits per heavy atom. The highest BCUT2D eigenvalue weighted by molar-refractivity contribution is 9.10. The van der Waals surface area contributed by atoms with Crippen LogP contribution >= 0.6 is 27.5 Å². The molecule has 6 heteroatoms. The Morgan fingerprint density at radius 2 is 2.35 bits per heavy atom. The standard InChI is InChI=1S/C11H12BrClN4/c1-16-5-2-3-7(16)11-15-9(12)8-10(13)14-4-6-17(8)11/h4,6-7H,2-3,5H2,1H3/t7-/m0/s1. The van der Waals surface area contributed by atoms with Crippen LogP contribution in [0.4, 0.5) is 0 Å². The number of halogens is 2. The predicted octanol–water partition coefficient (Wildman–Crippen LogP) is 2.91. The number of fused-ring (bicyclic) bond motifs is 1. The minimum Gasteiger partial charge on any atom is -0.297 e. The Balaban J connectivity index is 2.20. The molecule has 3 rings (SSSR count). The first-order chi connectivity index (χ1) is 8.18. The van der Waals surface area contributed by atoms with Gasteiger partial charge in [0.05, 0.1) is 6.04 Å². The van der Waals surface area contributed by atoms with E-state index >= 15 is 0 Å². The van der Waals surface area contributed by atoms with Crippen LogP contribution in [0.2, 0.25) is 5.15 Å². The zero-order valence-corrected chi connectivity index (χ0v) is 11.7. The SMILES string of the molecule is CN1CCC[C@H]1c1nc(Br)c2c(Cl)nccn12. The summed E-state index contributed by atoms with van der Waals surface area (Å²) in [6.45, 7) is 1.12. The Bertz CT molecular complexity index is 568. The number of aromatic nitrogens is 3. The summed E-state index contributed by atoms with van der Waals surface area (Å²) in [7, 11) is 2.13. The molecule has 3 heterocycles. The van der Waals surface area contributed by atoms with E-state index in [4.69, 9.17) is 11.6 Å². The smallest absolute Gasteiger partial charge is 0.155 e. The van der Waals surface area contributed by atoms with E-state index in [0.29, 0.717) is 11.2 Å². The summed E-state index contributed by atoms with van der Waals surface area (Å²) in [4.78, 5) is 11.0. The lowest BCUT2D eigenvalue weighted by Gasteiger charge is -2.17. The van der Waals surface area contributed by atoms with Crippen LogP contribution in [0.25, 0.3) is 5.52 Å². The van der Waals surface area contributed by atoms with Gasteiger partial charge in [-0.15, -0.1) is 0 Å². The first-order valence-electron chi connectivity index (χ1n) is 5.56. The summed E-state index contributed by atoms with van der Waals surface area (Å²) in [6.07, 6.45) is 5.98. The van der Waals surface area contributed by atoms with Gasteiger partial charge < -0.3 is 0 Å². The molecule has 1 fully saturated rings. The number of hydrogen-bond acceptors (Lipinski definition) is 3. The van der Waals surface area contributed by atoms with Gasteiger partial charge in [-0.1, -0.05) is 11.6 Å². The van der Waals surface area contributed by atoms with Crippen molar-refractivity contribution in [3.63, 3.8) is 0 Å². The van der Waals surface area contributed by atoms with Crippen molar-refractivity contribution in [1.82, 2.24) is 19.3 Å². The van der Waals surface area contributed by atoms with Gasteiger partial charge in [-0.25, -0.2) is 9.97 Å². The molecule has 0 bridgehead atoms. The summed E-state index contributed by atoms with van der Waals surface area (Å²) >= 11 is 9.56. The molecule has 0 unspecified atom stereocenters. The van der Waals surface area contributed by atoms with Crippen LogP contribution in [-0.4, -0.2) is 32.9 Å². The minimum absolute atomic E-state index is 0.368. The molecule has 0 radical (unpaired) electrons. The molecule has 0 amide bonds. The van der Waals surface area contributed by atoms with Gasteiger partial charge in [0.1, 0.15) is 15.9 Å². The highest BCUT2D eigenvalue weighted by Crippen LogP contribution is 2.33. The molecule has 2 aromatic heterocycles. The van der Waals surface area contributed by atoms with E-state index in [1.54, 1.807) is 6.20 Å². The average Bonchev–Trinajstić information content (AvgIpc) is 2.84. The Labute approximate surface area is 113 Å². The second-order valence-corrected chi connectivity index (χ2v) is 5.45. The molecule has 0 spiro atoms. The zero-order valence-electron chi connectivity index (χ0n) is 9.40. The van der Waals surface area contributed by atoms with Crippen molar-refractivity contribution in [1.29, 1.82) is 0 Å². The molecule has 4 nitrogen and oxygen atoms in total. The molecule has 1 aliphatic heterocycles. The summed E-state index contributed by atoms with van der Waals surface area (Å²) in [6, 6.07) is 0.368. The summed E-state index contributed by atoms with van der Waals surface area (Å²) in [5.74, 6) is 1.04. The van der Waals surface area contributed by atoms with E-state index in [9.17, 15) is 0 Å². The minimum atomic E-state index is 0.368. The Hall–Kier alpha value is -0.650. The number of hydrogen-bond donors (Lipinski definition) is 0. The number of imidazole rings is 1. The van der Waals surface area contributed by atoms with Gasteiger partial charge in [0, 0.05) is 12.4 Å². The van der Waals surface area contributed by atoms with Crippen LogP contribution in [0.3, 0.4) is 0 Å². The molecule has 0 aromatic carbocycles. The lowest BCUT2D eigenvalue weighted by Crippen LogP contribution is -2.19. The first kappa shape index (κ1) is 11.4. The van der Waals surface area contributed by atoms with E-state index < -0.39 is 0 Å². The van der Waals surface area contributed by atoms with E-state index in [2.05, 4.69) is 37.8 Å². The number of rotatable bonds is 1. The van der Waals surface area contributed by atoms with E-state index in [-0.39, 0.29) is 0 Å². The third kappa shape index (κ3) is 1.77. The normalized spacial score (nSPS) is 21.5. The van der Waals surface area contributed by atoms with Crippen LogP contribution in [-0.2, 0) is 0 Å². The van der Waals surface area contributed by atoms with Gasteiger partial charge in [-0.2, -0.15) is 0 Å². The molecular formula is C11H12BrClN4. The van der Waals surface area contributed by atoms with Crippen molar-refractivity contribution in [2.75, 3.05) is 13.6 Å². The average molecular weight is 316 g/mol. The highest BCUT2D eigenvalue weighted by Gasteiger charge is 2.27. The molecule has 2 aromatic rings. The van der Waals surface area contributed by atoms with Crippen molar-refractivity contribution >= 4 is 33.0 Å². The van der Waals surface area contributed by atoms with Crippen molar-refractivity contribution in [3.05, 3.63) is 28.0 Å². The molecule has 1 atom stereocenters. The molecular weight excluding hydrogens is 304 g/mol. The summed E-state index contributed by atoms with van der Waals surface area (Å²) in [5.41, 5.74) is 0.851. The van der Waals surface area contributed by atoms with Crippen LogP contribution in [0.5, 0.6) is 0 Å². The zero-order chi connectivity index (χ0) is 12.0. The molecule has 0 N–H and O–H groups in total. The lowest BCUT2D eigenvalue weighted by molar-refractivity contribution is 0.305. The predicted molar refractivity (Wildman–Crippen MR) is 70.3 cm³/mol. The maximum absolute atomic E-state index is 6.10. The quantitative estimate of drug-likeness (QED) is 0.811. The van der Waals surface area contributed by atoms with Crippen LogP contribution in [0.1, 0.15) is 24.7 Å². The monoisotopic (exact) mass is 314 g/mol. The fourth-order valence-corrected chi connectivity index (χ4v) is 3.37. The van der Waals surface area contributed by atoms with E-state index in [0.717, 1.165) is 28.9 Å². The van der Waals surface area contributed by atoms with E-state index in [1.807, 2.05) is 10.6 Å². The van der Waals surface area contributed by atoms with Crippen molar-refractivity contribution in [3.8, 4) is 0 Å². The van der Waals surface area contributed by atoms with Crippen LogP contribution in [0.15, 0.2) is 17.0 Å². The van der Waals surface area contributed by atoms with Crippen molar-refractivity contribution in [2.45, 2.75) is 18.9 Å². The summed E-state index contributed by atoms with van der Waals surface area (Å²) in [5, 5.41) is 0.485. The lowest BCUT2D eigenvalue weighted by atomic mass is 10.2. The van der Waals surface area contributed by atoms with Gasteiger partial charge >= 0.3 is 0 Å². The highest BCUT2D eigenvalue weighted by atomic mass is 79.9. The van der Waals surface area contributed by atoms with Crippen LogP contribution in [0, 0.1) is 0 Å². The number of likely N-dealkylation sites (tertiary alicyclic amines) is 1. The van der Waals surface area contributed by atoms with Gasteiger partial charge in [-0.3, -0.25) is 9.30 Å². The fourth-order valence-electron chi connectivity index (χ4n) is 2.45. The Morgan fingerprint density at radius 3 is 3.06 bits per heavy atom.